The number of nitroso groups, excluding NO2 is 1. The molecule has 148 valence electrons. The van der Waals surface area contributed by atoms with Crippen LogP contribution in [0.2, 0.25) is 0 Å². The minimum absolute atomic E-state index is 0.0337. The Bertz CT molecular complexity index is 1210. The molecule has 0 aliphatic carbocycles. The van der Waals surface area contributed by atoms with Gasteiger partial charge < -0.3 is 0 Å². The second kappa shape index (κ2) is 8.06. The molecule has 0 aliphatic rings. The Morgan fingerprint density at radius 2 is 1.70 bits per heavy atom. The molecule has 2 N–H and O–H groups in total. The Labute approximate surface area is 171 Å². The molecule has 1 heterocycles. The zero-order valence-electron chi connectivity index (χ0n) is 15.8. The van der Waals surface area contributed by atoms with Crippen molar-refractivity contribution in [3.05, 3.63) is 111 Å². The number of benzene rings is 3. The third-order valence-corrected chi connectivity index (χ3v) is 4.92. The van der Waals surface area contributed by atoms with E-state index in [0.717, 1.165) is 10.9 Å². The van der Waals surface area contributed by atoms with E-state index in [2.05, 4.69) is 10.2 Å². The van der Waals surface area contributed by atoms with Crippen molar-refractivity contribution in [2.45, 2.75) is 6.04 Å². The molecule has 0 fully saturated rings. The Kier molecular flexibility index (Phi) is 5.15. The quantitative estimate of drug-likeness (QED) is 0.211. The second-order valence-electron chi connectivity index (χ2n) is 6.66. The number of nitro groups is 1. The fourth-order valence-electron chi connectivity index (χ4n) is 3.48. The largest absolute Gasteiger partial charge is 0.299 e. The van der Waals surface area contributed by atoms with Crippen molar-refractivity contribution in [1.82, 2.24) is 4.98 Å². The molecule has 1 aromatic heterocycles. The van der Waals surface area contributed by atoms with Crippen LogP contribution in [0.15, 0.2) is 90.2 Å². The van der Waals surface area contributed by atoms with Gasteiger partial charge in [-0.1, -0.05) is 48.5 Å². The van der Waals surface area contributed by atoms with E-state index >= 15 is 0 Å². The summed E-state index contributed by atoms with van der Waals surface area (Å²) in [4.78, 5) is 26.7. The summed E-state index contributed by atoms with van der Waals surface area (Å²) >= 11 is 0. The van der Waals surface area contributed by atoms with Crippen LogP contribution < -0.4 is 10.9 Å². The van der Waals surface area contributed by atoms with E-state index in [1.165, 1.54) is 17.1 Å². The minimum Gasteiger partial charge on any atom is -0.299 e. The first kappa shape index (κ1) is 19.2. The van der Waals surface area contributed by atoms with Gasteiger partial charge in [0.05, 0.1) is 22.2 Å². The van der Waals surface area contributed by atoms with Crippen LogP contribution in [0.5, 0.6) is 0 Å². The van der Waals surface area contributed by atoms with Gasteiger partial charge in [0.2, 0.25) is 0 Å². The molecule has 1 atom stereocenters. The van der Waals surface area contributed by atoms with E-state index in [1.807, 2.05) is 48.5 Å². The number of anilines is 1. The summed E-state index contributed by atoms with van der Waals surface area (Å²) in [6.45, 7) is 0. The highest BCUT2D eigenvalue weighted by molar-refractivity contribution is 5.91. The van der Waals surface area contributed by atoms with Crippen LogP contribution in [-0.4, -0.2) is 9.91 Å². The topological polar surface area (TPSA) is 115 Å². The summed E-state index contributed by atoms with van der Waals surface area (Å²) in [7, 11) is 0. The molecule has 0 radical (unpaired) electrons. The van der Waals surface area contributed by atoms with E-state index < -0.39 is 11.0 Å². The first-order valence-corrected chi connectivity index (χ1v) is 9.14. The number of nitro benzene ring substituents is 1. The summed E-state index contributed by atoms with van der Waals surface area (Å²) in [6, 6.07) is 22.1. The number of fused-ring (bicyclic) bond motifs is 1. The van der Waals surface area contributed by atoms with E-state index in [0.29, 0.717) is 16.8 Å². The SMILES string of the molecule is NN(c1ccc([N+](=O)[O-])cc1)C(c1ccccc1)c1ccc2cccnc2c1N=O. The van der Waals surface area contributed by atoms with E-state index in [9.17, 15) is 15.0 Å². The lowest BCUT2D eigenvalue weighted by molar-refractivity contribution is -0.384. The third kappa shape index (κ3) is 3.47. The first-order valence-electron chi connectivity index (χ1n) is 9.14. The number of non-ortho nitro benzene ring substituents is 1. The van der Waals surface area contributed by atoms with Crippen molar-refractivity contribution < 1.29 is 4.92 Å². The number of hydrazine groups is 1. The van der Waals surface area contributed by atoms with Gasteiger partial charge in [-0.05, 0) is 28.9 Å². The van der Waals surface area contributed by atoms with Gasteiger partial charge in [-0.15, -0.1) is 4.91 Å². The molecule has 8 heteroatoms. The highest BCUT2D eigenvalue weighted by atomic mass is 16.6. The number of aromatic nitrogens is 1. The highest BCUT2D eigenvalue weighted by Gasteiger charge is 2.26. The second-order valence-corrected chi connectivity index (χ2v) is 6.66. The molecule has 4 aromatic rings. The predicted molar refractivity (Wildman–Crippen MR) is 115 cm³/mol. The molecule has 3 aromatic carbocycles. The Morgan fingerprint density at radius 3 is 2.37 bits per heavy atom. The van der Waals surface area contributed by atoms with Crippen LogP contribution in [0.25, 0.3) is 10.9 Å². The maximum absolute atomic E-state index is 11.8. The van der Waals surface area contributed by atoms with Crippen LogP contribution in [-0.2, 0) is 0 Å². The Balaban J connectivity index is 1.89. The van der Waals surface area contributed by atoms with Crippen LogP contribution in [0.1, 0.15) is 17.2 Å². The number of nitrogens with zero attached hydrogens (tertiary/aromatic N) is 4. The van der Waals surface area contributed by atoms with E-state index in [1.54, 1.807) is 24.4 Å². The lowest BCUT2D eigenvalue weighted by Crippen LogP contribution is -2.36. The molecule has 8 nitrogen and oxygen atoms in total. The average molecular weight is 399 g/mol. The summed E-state index contributed by atoms with van der Waals surface area (Å²) in [5.41, 5.74) is 2.63. The number of hydrogen-bond acceptors (Lipinski definition) is 7. The van der Waals surface area contributed by atoms with E-state index in [4.69, 9.17) is 5.84 Å². The van der Waals surface area contributed by atoms with Gasteiger partial charge in [0, 0.05) is 29.3 Å². The summed E-state index contributed by atoms with van der Waals surface area (Å²) in [5.74, 6) is 6.50. The Hall–Kier alpha value is -4.17. The van der Waals surface area contributed by atoms with Crippen molar-refractivity contribution in [2.75, 3.05) is 5.01 Å². The van der Waals surface area contributed by atoms with Gasteiger partial charge in [0.15, 0.2) is 0 Å². The standard InChI is InChI=1S/C22H17N5O3/c23-26(17-9-11-18(12-10-17)27(29)30)22(16-5-2-1-3-6-16)19-13-8-15-7-4-14-24-20(15)21(19)25-28/h1-14,22H,23H2. The molecule has 0 saturated heterocycles. The maximum atomic E-state index is 11.8. The molecule has 0 bridgehead atoms. The van der Waals surface area contributed by atoms with Crippen molar-refractivity contribution in [2.24, 2.45) is 11.0 Å². The van der Waals surface area contributed by atoms with Crippen molar-refractivity contribution in [3.8, 4) is 0 Å². The van der Waals surface area contributed by atoms with Crippen LogP contribution in [0, 0.1) is 15.0 Å². The number of hydrogen-bond donors (Lipinski definition) is 1. The van der Waals surface area contributed by atoms with Crippen molar-refractivity contribution in [1.29, 1.82) is 0 Å². The lowest BCUT2D eigenvalue weighted by atomic mass is 9.94. The molecule has 0 saturated carbocycles. The Morgan fingerprint density at radius 1 is 0.967 bits per heavy atom. The van der Waals surface area contributed by atoms with Crippen molar-refractivity contribution >= 4 is 28.0 Å². The van der Waals surface area contributed by atoms with Gasteiger partial charge in [-0.25, -0.2) is 5.84 Å². The molecule has 0 spiro atoms. The molecule has 0 aliphatic heterocycles. The predicted octanol–water partition coefficient (Wildman–Crippen LogP) is 5.01. The molecular weight excluding hydrogens is 382 g/mol. The summed E-state index contributed by atoms with van der Waals surface area (Å²) < 4.78 is 0. The fraction of sp³-hybridized carbons (Fsp3) is 0.0455. The maximum Gasteiger partial charge on any atom is 0.269 e. The molecule has 30 heavy (non-hydrogen) atoms. The van der Waals surface area contributed by atoms with Crippen LogP contribution in [0.3, 0.4) is 0 Å². The number of pyridine rings is 1. The number of rotatable bonds is 6. The third-order valence-electron chi connectivity index (χ3n) is 4.92. The summed E-state index contributed by atoms with van der Waals surface area (Å²) in [6.07, 6.45) is 1.61. The van der Waals surface area contributed by atoms with Gasteiger partial charge in [-0.2, -0.15) is 0 Å². The first-order chi connectivity index (χ1) is 14.6. The zero-order chi connectivity index (χ0) is 21.1. The van der Waals surface area contributed by atoms with Crippen LogP contribution >= 0.6 is 0 Å². The smallest absolute Gasteiger partial charge is 0.269 e. The zero-order valence-corrected chi connectivity index (χ0v) is 15.8. The van der Waals surface area contributed by atoms with E-state index in [-0.39, 0.29) is 11.4 Å². The minimum atomic E-state index is -0.563. The lowest BCUT2D eigenvalue weighted by Gasteiger charge is -2.30. The van der Waals surface area contributed by atoms with Gasteiger partial charge in [0.1, 0.15) is 5.69 Å². The van der Waals surface area contributed by atoms with Crippen LogP contribution in [0.4, 0.5) is 17.1 Å². The summed E-state index contributed by atoms with van der Waals surface area (Å²) in [5, 5.41) is 16.5. The fourth-order valence-corrected chi connectivity index (χ4v) is 3.48. The van der Waals surface area contributed by atoms with Gasteiger partial charge in [-0.3, -0.25) is 20.1 Å². The molecule has 4 rings (SSSR count). The van der Waals surface area contributed by atoms with Crippen molar-refractivity contribution in [3.63, 3.8) is 0 Å². The molecular formula is C22H17N5O3. The number of nitrogens with two attached hydrogens (primary N) is 1. The normalized spacial score (nSPS) is 11.8. The van der Waals surface area contributed by atoms with Gasteiger partial charge >= 0.3 is 0 Å². The monoisotopic (exact) mass is 399 g/mol. The average Bonchev–Trinajstić information content (AvgIpc) is 2.79. The molecule has 0 amide bonds. The van der Waals surface area contributed by atoms with Gasteiger partial charge in [0.25, 0.3) is 5.69 Å². The highest BCUT2D eigenvalue weighted by Crippen LogP contribution is 2.39. The molecule has 1 unspecified atom stereocenters.